The van der Waals surface area contributed by atoms with Crippen LogP contribution in [0.4, 0.5) is 0 Å². The van der Waals surface area contributed by atoms with Gasteiger partial charge in [-0.2, -0.15) is 0 Å². The average Bonchev–Trinajstić information content (AvgIpc) is 3.30. The first-order valence-corrected chi connectivity index (χ1v) is 11.0. The van der Waals surface area contributed by atoms with Gasteiger partial charge in [0.25, 0.3) is 0 Å². The van der Waals surface area contributed by atoms with Gasteiger partial charge in [0.05, 0.1) is 26.7 Å². The van der Waals surface area contributed by atoms with Crippen molar-refractivity contribution in [1.82, 2.24) is 20.1 Å². The van der Waals surface area contributed by atoms with Gasteiger partial charge in [0, 0.05) is 6.54 Å². The highest BCUT2D eigenvalue weighted by Gasteiger charge is 2.16. The first-order chi connectivity index (χ1) is 13.0. The summed E-state index contributed by atoms with van der Waals surface area (Å²) in [4.78, 5) is 13.4. The molecule has 2 aromatic heterocycles. The second-order valence-electron chi connectivity index (χ2n) is 5.78. The normalized spacial score (nSPS) is 12.1. The number of aromatic nitrogens is 3. The number of carbonyl (C=O) groups excluding carboxylic acids is 1. The summed E-state index contributed by atoms with van der Waals surface area (Å²) in [5.41, 5.74) is 0.902. The molecule has 1 amide bonds. The molecule has 9 heteroatoms. The SMILES string of the molecule is CCn1c(SCC(=O)NC(C)c2ccc(Cl)c(Cl)c2)nnc1-c1cccs1. The summed E-state index contributed by atoms with van der Waals surface area (Å²) in [5.74, 6) is 1.01. The van der Waals surface area contributed by atoms with Crippen molar-refractivity contribution in [2.24, 2.45) is 0 Å². The van der Waals surface area contributed by atoms with Gasteiger partial charge in [-0.25, -0.2) is 0 Å². The predicted octanol–water partition coefficient (Wildman–Crippen LogP) is 5.30. The van der Waals surface area contributed by atoms with Crippen LogP contribution in [0.1, 0.15) is 25.5 Å². The molecule has 0 fully saturated rings. The summed E-state index contributed by atoms with van der Waals surface area (Å²) in [7, 11) is 0. The summed E-state index contributed by atoms with van der Waals surface area (Å²) in [6.45, 7) is 4.69. The molecule has 0 aliphatic carbocycles. The monoisotopic (exact) mass is 440 g/mol. The summed E-state index contributed by atoms with van der Waals surface area (Å²) >= 11 is 15.0. The highest BCUT2D eigenvalue weighted by molar-refractivity contribution is 7.99. The number of nitrogens with one attached hydrogen (secondary N) is 1. The quantitative estimate of drug-likeness (QED) is 0.506. The van der Waals surface area contributed by atoms with Crippen LogP contribution in [-0.4, -0.2) is 26.4 Å². The van der Waals surface area contributed by atoms with Gasteiger partial charge in [0.15, 0.2) is 11.0 Å². The molecule has 0 radical (unpaired) electrons. The molecular formula is C18H18Cl2N4OS2. The summed E-state index contributed by atoms with van der Waals surface area (Å²) in [6, 6.07) is 9.18. The molecule has 5 nitrogen and oxygen atoms in total. The molecule has 2 heterocycles. The van der Waals surface area contributed by atoms with Crippen LogP contribution in [-0.2, 0) is 11.3 Å². The highest BCUT2D eigenvalue weighted by Crippen LogP contribution is 2.28. The van der Waals surface area contributed by atoms with Gasteiger partial charge in [-0.3, -0.25) is 4.79 Å². The van der Waals surface area contributed by atoms with Crippen molar-refractivity contribution < 1.29 is 4.79 Å². The number of rotatable bonds is 7. The Kier molecular flexibility index (Phi) is 6.81. The minimum Gasteiger partial charge on any atom is -0.349 e. The van der Waals surface area contributed by atoms with Crippen LogP contribution >= 0.6 is 46.3 Å². The van der Waals surface area contributed by atoms with E-state index in [0.29, 0.717) is 10.0 Å². The van der Waals surface area contributed by atoms with E-state index in [4.69, 9.17) is 23.2 Å². The number of thioether (sulfide) groups is 1. The minimum absolute atomic E-state index is 0.0816. The molecule has 142 valence electrons. The molecule has 1 N–H and O–H groups in total. The van der Waals surface area contributed by atoms with Crippen LogP contribution in [0.3, 0.4) is 0 Å². The first kappa shape index (κ1) is 20.2. The lowest BCUT2D eigenvalue weighted by atomic mass is 10.1. The van der Waals surface area contributed by atoms with Crippen LogP contribution in [0.2, 0.25) is 10.0 Å². The van der Waals surface area contributed by atoms with Gasteiger partial charge in [-0.15, -0.1) is 21.5 Å². The molecule has 3 aromatic rings. The Morgan fingerprint density at radius 3 is 2.78 bits per heavy atom. The van der Waals surface area contributed by atoms with E-state index >= 15 is 0 Å². The number of carbonyl (C=O) groups is 1. The Balaban J connectivity index is 1.61. The van der Waals surface area contributed by atoms with Crippen molar-refractivity contribution in [2.45, 2.75) is 31.6 Å². The zero-order chi connectivity index (χ0) is 19.4. The van der Waals surface area contributed by atoms with Crippen LogP contribution in [0, 0.1) is 0 Å². The van der Waals surface area contributed by atoms with Crippen LogP contribution in [0.15, 0.2) is 40.9 Å². The molecule has 0 saturated heterocycles. The third-order valence-corrected chi connectivity index (χ3v) is 6.50. The van der Waals surface area contributed by atoms with E-state index in [2.05, 4.69) is 15.5 Å². The Labute approximate surface area is 176 Å². The molecule has 0 saturated carbocycles. The van der Waals surface area contributed by atoms with E-state index in [1.165, 1.54) is 11.8 Å². The third kappa shape index (κ3) is 4.85. The van der Waals surface area contributed by atoms with Crippen molar-refractivity contribution in [1.29, 1.82) is 0 Å². The lowest BCUT2D eigenvalue weighted by Gasteiger charge is -2.15. The number of nitrogens with zero attached hydrogens (tertiary/aromatic N) is 3. The minimum atomic E-state index is -0.168. The number of benzene rings is 1. The van der Waals surface area contributed by atoms with E-state index in [1.54, 1.807) is 23.5 Å². The summed E-state index contributed by atoms with van der Waals surface area (Å²) in [5, 5.41) is 15.2. The molecule has 0 aliphatic heterocycles. The van der Waals surface area contributed by atoms with Crippen molar-refractivity contribution in [3.63, 3.8) is 0 Å². The lowest BCUT2D eigenvalue weighted by Crippen LogP contribution is -2.28. The smallest absolute Gasteiger partial charge is 0.230 e. The number of thiophene rings is 1. The van der Waals surface area contributed by atoms with Gasteiger partial charge in [-0.1, -0.05) is 47.1 Å². The van der Waals surface area contributed by atoms with Crippen LogP contribution < -0.4 is 5.32 Å². The number of hydrogen-bond acceptors (Lipinski definition) is 5. The molecule has 27 heavy (non-hydrogen) atoms. The molecule has 0 aliphatic rings. The van der Waals surface area contributed by atoms with Crippen molar-refractivity contribution in [2.75, 3.05) is 5.75 Å². The van der Waals surface area contributed by atoms with E-state index in [-0.39, 0.29) is 17.7 Å². The topological polar surface area (TPSA) is 59.8 Å². The maximum atomic E-state index is 12.3. The number of hydrogen-bond donors (Lipinski definition) is 1. The fourth-order valence-electron chi connectivity index (χ4n) is 2.55. The van der Waals surface area contributed by atoms with Gasteiger partial charge < -0.3 is 9.88 Å². The maximum absolute atomic E-state index is 12.3. The molecule has 3 rings (SSSR count). The average molecular weight is 441 g/mol. The van der Waals surface area contributed by atoms with Gasteiger partial charge in [0.2, 0.25) is 5.91 Å². The zero-order valence-corrected chi connectivity index (χ0v) is 17.9. The van der Waals surface area contributed by atoms with Crippen molar-refractivity contribution in [3.05, 3.63) is 51.3 Å². The fourth-order valence-corrected chi connectivity index (χ4v) is 4.38. The summed E-state index contributed by atoms with van der Waals surface area (Å²) in [6.07, 6.45) is 0. The largest absolute Gasteiger partial charge is 0.349 e. The molecular weight excluding hydrogens is 423 g/mol. The number of amides is 1. The fraction of sp³-hybridized carbons (Fsp3) is 0.278. The molecule has 0 bridgehead atoms. The molecule has 0 spiro atoms. The van der Waals surface area contributed by atoms with E-state index in [1.807, 2.05) is 42.0 Å². The van der Waals surface area contributed by atoms with E-state index in [0.717, 1.165) is 28.0 Å². The van der Waals surface area contributed by atoms with Gasteiger partial charge in [0.1, 0.15) is 0 Å². The standard InChI is InChI=1S/C18H18Cl2N4OS2/c1-3-24-17(15-5-4-8-26-15)22-23-18(24)27-10-16(25)21-11(2)12-6-7-13(19)14(20)9-12/h4-9,11H,3,10H2,1-2H3,(H,21,25). The second-order valence-corrected chi connectivity index (χ2v) is 8.48. The molecule has 1 aromatic carbocycles. The molecule has 1 unspecified atom stereocenters. The zero-order valence-electron chi connectivity index (χ0n) is 14.8. The van der Waals surface area contributed by atoms with E-state index < -0.39 is 0 Å². The third-order valence-electron chi connectivity index (χ3n) is 3.93. The van der Waals surface area contributed by atoms with Crippen LogP contribution in [0.5, 0.6) is 0 Å². The Hall–Kier alpha value is -1.54. The van der Waals surface area contributed by atoms with Crippen molar-refractivity contribution in [3.8, 4) is 10.7 Å². The molecule has 1 atom stereocenters. The predicted molar refractivity (Wildman–Crippen MR) is 113 cm³/mol. The van der Waals surface area contributed by atoms with E-state index in [9.17, 15) is 4.79 Å². The summed E-state index contributed by atoms with van der Waals surface area (Å²) < 4.78 is 2.02. The second kappa shape index (κ2) is 9.10. The van der Waals surface area contributed by atoms with Crippen molar-refractivity contribution >= 4 is 52.2 Å². The Bertz CT molecular complexity index is 928. The lowest BCUT2D eigenvalue weighted by molar-refractivity contribution is -0.119. The Morgan fingerprint density at radius 2 is 2.11 bits per heavy atom. The maximum Gasteiger partial charge on any atom is 0.230 e. The van der Waals surface area contributed by atoms with Gasteiger partial charge >= 0.3 is 0 Å². The highest BCUT2D eigenvalue weighted by atomic mass is 35.5. The van der Waals surface area contributed by atoms with Gasteiger partial charge in [-0.05, 0) is 43.0 Å². The first-order valence-electron chi connectivity index (χ1n) is 8.33. The Morgan fingerprint density at radius 1 is 1.30 bits per heavy atom. The van der Waals surface area contributed by atoms with Crippen LogP contribution in [0.25, 0.3) is 10.7 Å². The number of halogens is 2.